The number of oxime groups is 1. The molecule has 8 heteroatoms. The molecule has 0 spiro atoms. The van der Waals surface area contributed by atoms with Crippen molar-refractivity contribution in [2.24, 2.45) is 5.16 Å². The molecule has 3 rings (SSSR count). The van der Waals surface area contributed by atoms with Crippen LogP contribution in [0.3, 0.4) is 0 Å². The fourth-order valence-electron chi connectivity index (χ4n) is 2.06. The normalized spacial score (nSPS) is 11.3. The molecule has 1 N–H and O–H groups in total. The SMILES string of the molecule is O=C(Nc1ccc(Cl)c(Cl)c1)O/N=C(/c1ccc(F)cc1)c1cccs1. The minimum absolute atomic E-state index is 0.304. The van der Waals surface area contributed by atoms with Crippen LogP contribution in [-0.2, 0) is 4.84 Å². The maximum atomic E-state index is 13.2. The van der Waals surface area contributed by atoms with Crippen LogP contribution in [0.4, 0.5) is 14.9 Å². The number of nitrogens with zero attached hydrogens (tertiary/aromatic N) is 1. The van der Waals surface area contributed by atoms with Gasteiger partial charge in [-0.05, 0) is 53.9 Å². The van der Waals surface area contributed by atoms with Crippen molar-refractivity contribution in [3.8, 4) is 0 Å². The molecule has 4 nitrogen and oxygen atoms in total. The largest absolute Gasteiger partial charge is 0.437 e. The Morgan fingerprint density at radius 1 is 1.08 bits per heavy atom. The molecule has 0 saturated heterocycles. The van der Waals surface area contributed by atoms with Crippen molar-refractivity contribution in [3.05, 3.63) is 86.3 Å². The molecule has 0 saturated carbocycles. The van der Waals surface area contributed by atoms with Gasteiger partial charge in [-0.3, -0.25) is 10.2 Å². The highest BCUT2D eigenvalue weighted by Crippen LogP contribution is 2.25. The van der Waals surface area contributed by atoms with Gasteiger partial charge >= 0.3 is 6.09 Å². The van der Waals surface area contributed by atoms with Gasteiger partial charge in [0.05, 0.1) is 14.9 Å². The quantitative estimate of drug-likeness (QED) is 0.317. The topological polar surface area (TPSA) is 50.7 Å². The van der Waals surface area contributed by atoms with Gasteiger partial charge in [-0.1, -0.05) is 34.4 Å². The highest BCUT2D eigenvalue weighted by molar-refractivity contribution is 7.12. The van der Waals surface area contributed by atoms with E-state index in [0.29, 0.717) is 27.0 Å². The molecule has 1 amide bonds. The Morgan fingerprint density at radius 2 is 1.85 bits per heavy atom. The Morgan fingerprint density at radius 3 is 2.50 bits per heavy atom. The van der Waals surface area contributed by atoms with E-state index in [1.165, 1.54) is 29.5 Å². The standard InChI is InChI=1S/C18H11Cl2FN2O2S/c19-14-8-7-13(10-15(14)20)22-18(24)25-23-17(16-2-1-9-26-16)11-3-5-12(21)6-4-11/h1-10H,(H,22,24)/b23-17-. The molecule has 26 heavy (non-hydrogen) atoms. The summed E-state index contributed by atoms with van der Waals surface area (Å²) in [5.41, 5.74) is 1.46. The van der Waals surface area contributed by atoms with Crippen molar-refractivity contribution < 1.29 is 14.0 Å². The summed E-state index contributed by atoms with van der Waals surface area (Å²) in [6, 6.07) is 14.1. The average molecular weight is 409 g/mol. The second-order valence-corrected chi connectivity index (χ2v) is 6.82. The summed E-state index contributed by atoms with van der Waals surface area (Å²) in [5, 5.41) is 8.98. The molecule has 3 aromatic rings. The van der Waals surface area contributed by atoms with Crippen LogP contribution < -0.4 is 5.32 Å². The minimum atomic E-state index is -0.792. The second kappa shape index (κ2) is 8.31. The van der Waals surface area contributed by atoms with Gasteiger partial charge in [-0.25, -0.2) is 9.18 Å². The first-order valence-corrected chi connectivity index (χ1v) is 8.97. The molecular formula is C18H11Cl2FN2O2S. The Hall–Kier alpha value is -2.41. The summed E-state index contributed by atoms with van der Waals surface area (Å²) in [5.74, 6) is -0.363. The molecule has 0 radical (unpaired) electrons. The van der Waals surface area contributed by atoms with Gasteiger partial charge in [0.2, 0.25) is 0 Å². The average Bonchev–Trinajstić information content (AvgIpc) is 3.14. The smallest absolute Gasteiger partial charge is 0.297 e. The van der Waals surface area contributed by atoms with Gasteiger partial charge in [0, 0.05) is 11.3 Å². The van der Waals surface area contributed by atoms with Crippen LogP contribution >= 0.6 is 34.5 Å². The first kappa shape index (κ1) is 18.4. The van der Waals surface area contributed by atoms with Crippen molar-refractivity contribution in [1.82, 2.24) is 0 Å². The Balaban J connectivity index is 1.78. The third-order valence-corrected chi connectivity index (χ3v) is 4.87. The number of hydrogen-bond donors (Lipinski definition) is 1. The van der Waals surface area contributed by atoms with E-state index in [0.717, 1.165) is 4.88 Å². The number of rotatable bonds is 4. The number of anilines is 1. The third kappa shape index (κ3) is 4.60. The minimum Gasteiger partial charge on any atom is -0.297 e. The lowest BCUT2D eigenvalue weighted by atomic mass is 10.1. The van der Waals surface area contributed by atoms with Crippen LogP contribution in [0.2, 0.25) is 10.0 Å². The molecular weight excluding hydrogens is 398 g/mol. The molecule has 2 aromatic carbocycles. The highest BCUT2D eigenvalue weighted by Gasteiger charge is 2.12. The second-order valence-electron chi connectivity index (χ2n) is 5.06. The number of carbonyl (C=O) groups is 1. The summed E-state index contributed by atoms with van der Waals surface area (Å²) in [7, 11) is 0. The van der Waals surface area contributed by atoms with Gasteiger partial charge in [-0.15, -0.1) is 11.3 Å². The first-order valence-electron chi connectivity index (χ1n) is 7.34. The van der Waals surface area contributed by atoms with Crippen molar-refractivity contribution in [2.75, 3.05) is 5.32 Å². The van der Waals surface area contributed by atoms with Gasteiger partial charge in [0.15, 0.2) is 0 Å². The maximum absolute atomic E-state index is 13.2. The van der Waals surface area contributed by atoms with Gasteiger partial charge < -0.3 is 0 Å². The van der Waals surface area contributed by atoms with E-state index in [2.05, 4.69) is 10.5 Å². The molecule has 0 aliphatic rings. The van der Waals surface area contributed by atoms with E-state index < -0.39 is 6.09 Å². The summed E-state index contributed by atoms with van der Waals surface area (Å²) in [4.78, 5) is 17.7. The summed E-state index contributed by atoms with van der Waals surface area (Å²) in [6.45, 7) is 0. The van der Waals surface area contributed by atoms with Gasteiger partial charge in [0.1, 0.15) is 11.5 Å². The third-order valence-electron chi connectivity index (χ3n) is 3.26. The van der Waals surface area contributed by atoms with Crippen molar-refractivity contribution in [3.63, 3.8) is 0 Å². The molecule has 1 heterocycles. The molecule has 132 valence electrons. The molecule has 0 bridgehead atoms. The lowest BCUT2D eigenvalue weighted by molar-refractivity contribution is 0.166. The molecule has 0 aliphatic heterocycles. The van der Waals surface area contributed by atoms with Crippen molar-refractivity contribution in [2.45, 2.75) is 0 Å². The van der Waals surface area contributed by atoms with Crippen LogP contribution in [0, 0.1) is 5.82 Å². The highest BCUT2D eigenvalue weighted by atomic mass is 35.5. The van der Waals surface area contributed by atoms with Gasteiger partial charge in [-0.2, -0.15) is 0 Å². The first-order chi connectivity index (χ1) is 12.5. The zero-order valence-electron chi connectivity index (χ0n) is 13.1. The Kier molecular flexibility index (Phi) is 5.88. The molecule has 0 aliphatic carbocycles. The van der Waals surface area contributed by atoms with E-state index in [1.54, 1.807) is 24.3 Å². The number of amides is 1. The summed E-state index contributed by atoms with van der Waals surface area (Å²) in [6.07, 6.45) is -0.792. The van der Waals surface area contributed by atoms with Crippen molar-refractivity contribution in [1.29, 1.82) is 0 Å². The molecule has 0 fully saturated rings. The number of benzene rings is 2. The Bertz CT molecular complexity index is 944. The monoisotopic (exact) mass is 408 g/mol. The number of hydrogen-bond acceptors (Lipinski definition) is 4. The van der Waals surface area contributed by atoms with Crippen LogP contribution in [-0.4, -0.2) is 11.8 Å². The fraction of sp³-hybridized carbons (Fsp3) is 0. The van der Waals surface area contributed by atoms with Crippen LogP contribution in [0.15, 0.2) is 65.1 Å². The Labute approximate surface area is 162 Å². The van der Waals surface area contributed by atoms with Gasteiger partial charge in [0.25, 0.3) is 0 Å². The fourth-order valence-corrected chi connectivity index (χ4v) is 3.09. The lowest BCUT2D eigenvalue weighted by Crippen LogP contribution is -2.13. The molecule has 1 aromatic heterocycles. The van der Waals surface area contributed by atoms with E-state index in [-0.39, 0.29) is 5.82 Å². The maximum Gasteiger partial charge on any atom is 0.437 e. The van der Waals surface area contributed by atoms with E-state index >= 15 is 0 Å². The van der Waals surface area contributed by atoms with Crippen LogP contribution in [0.1, 0.15) is 10.4 Å². The number of thiophene rings is 1. The van der Waals surface area contributed by atoms with E-state index in [9.17, 15) is 9.18 Å². The number of nitrogens with one attached hydrogen (secondary N) is 1. The van der Waals surface area contributed by atoms with E-state index in [1.807, 2.05) is 17.5 Å². The predicted octanol–water partition coefficient (Wildman–Crippen LogP) is 6.20. The van der Waals surface area contributed by atoms with Crippen LogP contribution in [0.5, 0.6) is 0 Å². The summed E-state index contributed by atoms with van der Waals surface area (Å²) < 4.78 is 13.2. The molecule has 0 atom stereocenters. The number of halogens is 3. The summed E-state index contributed by atoms with van der Waals surface area (Å²) >= 11 is 13.2. The predicted molar refractivity (Wildman–Crippen MR) is 103 cm³/mol. The van der Waals surface area contributed by atoms with E-state index in [4.69, 9.17) is 28.0 Å². The zero-order chi connectivity index (χ0) is 18.5. The van der Waals surface area contributed by atoms with Crippen molar-refractivity contribution >= 4 is 52.0 Å². The zero-order valence-corrected chi connectivity index (χ0v) is 15.4. The number of carbonyl (C=O) groups excluding carboxylic acids is 1. The van der Waals surface area contributed by atoms with Crippen LogP contribution in [0.25, 0.3) is 0 Å². The lowest BCUT2D eigenvalue weighted by Gasteiger charge is -2.06. The molecule has 0 unspecified atom stereocenters.